The number of benzene rings is 1. The molecule has 7 heteroatoms. The van der Waals surface area contributed by atoms with Crippen molar-refractivity contribution in [2.75, 3.05) is 6.54 Å². The second-order valence-corrected chi connectivity index (χ2v) is 5.14. The van der Waals surface area contributed by atoms with Crippen molar-refractivity contribution in [3.8, 4) is 5.69 Å². The minimum atomic E-state index is -0.296. The van der Waals surface area contributed by atoms with Gasteiger partial charge in [0.25, 0.3) is 0 Å². The van der Waals surface area contributed by atoms with Crippen LogP contribution in [0.15, 0.2) is 16.6 Å². The molecule has 1 unspecified atom stereocenters. The smallest absolute Gasteiger partial charge is 0.173 e. The second-order valence-electron chi connectivity index (χ2n) is 4.28. The van der Waals surface area contributed by atoms with Gasteiger partial charge in [-0.3, -0.25) is 0 Å². The number of rotatable bonds is 4. The molecule has 0 saturated carbocycles. The second kappa shape index (κ2) is 5.75. The molecule has 0 radical (unpaired) electrons. The molecule has 0 fully saturated rings. The first-order chi connectivity index (χ1) is 9.04. The first kappa shape index (κ1) is 14.1. The lowest BCUT2D eigenvalue weighted by atomic mass is 10.2. The summed E-state index contributed by atoms with van der Waals surface area (Å²) in [6.07, 6.45) is 0. The van der Waals surface area contributed by atoms with Crippen LogP contribution in [0.4, 0.5) is 4.39 Å². The van der Waals surface area contributed by atoms with Crippen LogP contribution in [0.1, 0.15) is 31.3 Å². The summed E-state index contributed by atoms with van der Waals surface area (Å²) in [5.74, 6) is 0.402. The summed E-state index contributed by atoms with van der Waals surface area (Å²) < 4.78 is 15.5. The Morgan fingerprint density at radius 2 is 2.21 bits per heavy atom. The minimum absolute atomic E-state index is 0.0169. The van der Waals surface area contributed by atoms with Crippen molar-refractivity contribution in [3.05, 3.63) is 33.8 Å². The molecule has 0 spiro atoms. The molecular formula is C12H15BrFN5. The third-order valence-electron chi connectivity index (χ3n) is 2.86. The van der Waals surface area contributed by atoms with Crippen LogP contribution >= 0.6 is 15.9 Å². The maximum Gasteiger partial charge on any atom is 0.173 e. The number of halogens is 2. The summed E-state index contributed by atoms with van der Waals surface area (Å²) in [7, 11) is 0. The van der Waals surface area contributed by atoms with Crippen LogP contribution in [0, 0.1) is 12.7 Å². The standard InChI is InChI=1S/C12H15BrFN5/c1-4-15-8(3)12-16-17-18-19(12)11-6-9(13)10(14)5-7(11)2/h5-6,8,15H,4H2,1-3H3. The van der Waals surface area contributed by atoms with Crippen LogP contribution in [0.5, 0.6) is 0 Å². The lowest BCUT2D eigenvalue weighted by Gasteiger charge is -2.13. The van der Waals surface area contributed by atoms with E-state index >= 15 is 0 Å². The van der Waals surface area contributed by atoms with Gasteiger partial charge in [0.2, 0.25) is 0 Å². The van der Waals surface area contributed by atoms with Crippen LogP contribution < -0.4 is 5.32 Å². The van der Waals surface area contributed by atoms with Gasteiger partial charge in [0.1, 0.15) is 5.82 Å². The van der Waals surface area contributed by atoms with Gasteiger partial charge in [-0.15, -0.1) is 5.10 Å². The van der Waals surface area contributed by atoms with E-state index in [1.54, 1.807) is 10.7 Å². The molecule has 0 amide bonds. The van der Waals surface area contributed by atoms with Crippen molar-refractivity contribution >= 4 is 15.9 Å². The largest absolute Gasteiger partial charge is 0.308 e. The molecule has 2 aromatic rings. The molecule has 1 aromatic heterocycles. The van der Waals surface area contributed by atoms with E-state index in [2.05, 4.69) is 36.8 Å². The Morgan fingerprint density at radius 3 is 2.89 bits per heavy atom. The van der Waals surface area contributed by atoms with Crippen molar-refractivity contribution in [3.63, 3.8) is 0 Å². The van der Waals surface area contributed by atoms with E-state index in [-0.39, 0.29) is 11.9 Å². The fourth-order valence-electron chi connectivity index (χ4n) is 1.90. The third kappa shape index (κ3) is 2.82. The zero-order chi connectivity index (χ0) is 14.0. The van der Waals surface area contributed by atoms with Crippen molar-refractivity contribution < 1.29 is 4.39 Å². The highest BCUT2D eigenvalue weighted by Gasteiger charge is 2.17. The monoisotopic (exact) mass is 327 g/mol. The van der Waals surface area contributed by atoms with E-state index < -0.39 is 0 Å². The Bertz CT molecular complexity index is 583. The van der Waals surface area contributed by atoms with E-state index in [4.69, 9.17) is 0 Å². The molecule has 1 atom stereocenters. The van der Waals surface area contributed by atoms with Crippen LogP contribution in [-0.4, -0.2) is 26.8 Å². The first-order valence-corrected chi connectivity index (χ1v) is 6.81. The third-order valence-corrected chi connectivity index (χ3v) is 3.47. The van der Waals surface area contributed by atoms with Gasteiger partial charge in [0.05, 0.1) is 16.2 Å². The summed E-state index contributed by atoms with van der Waals surface area (Å²) in [6.45, 7) is 6.65. The number of nitrogens with one attached hydrogen (secondary N) is 1. The molecular weight excluding hydrogens is 313 g/mol. The maximum absolute atomic E-state index is 13.5. The summed E-state index contributed by atoms with van der Waals surface area (Å²) in [5, 5.41) is 15.0. The van der Waals surface area contributed by atoms with Crippen LogP contribution in [0.3, 0.4) is 0 Å². The molecule has 1 aromatic carbocycles. The molecule has 0 saturated heterocycles. The molecule has 0 aliphatic rings. The topological polar surface area (TPSA) is 55.6 Å². The molecule has 1 N–H and O–H groups in total. The summed E-state index contributed by atoms with van der Waals surface area (Å²) in [6, 6.07) is 3.16. The van der Waals surface area contributed by atoms with Crippen LogP contribution in [-0.2, 0) is 0 Å². The summed E-state index contributed by atoms with van der Waals surface area (Å²) in [5.41, 5.74) is 1.54. The predicted octanol–water partition coefficient (Wildman–Crippen LogP) is 2.54. The molecule has 0 aliphatic carbocycles. The van der Waals surface area contributed by atoms with E-state index in [0.29, 0.717) is 10.3 Å². The number of nitrogens with zero attached hydrogens (tertiary/aromatic N) is 4. The lowest BCUT2D eigenvalue weighted by molar-refractivity contribution is 0.549. The highest BCUT2D eigenvalue weighted by atomic mass is 79.9. The van der Waals surface area contributed by atoms with Crippen LogP contribution in [0.2, 0.25) is 0 Å². The Morgan fingerprint density at radius 1 is 1.47 bits per heavy atom. The van der Waals surface area contributed by atoms with Gasteiger partial charge in [-0.2, -0.15) is 4.68 Å². The van der Waals surface area contributed by atoms with Gasteiger partial charge < -0.3 is 5.32 Å². The molecule has 19 heavy (non-hydrogen) atoms. The number of aryl methyl sites for hydroxylation is 1. The maximum atomic E-state index is 13.5. The van der Waals surface area contributed by atoms with E-state index in [1.165, 1.54) is 6.07 Å². The quantitative estimate of drug-likeness (QED) is 0.937. The predicted molar refractivity (Wildman–Crippen MR) is 73.6 cm³/mol. The zero-order valence-electron chi connectivity index (χ0n) is 11.0. The van der Waals surface area contributed by atoms with E-state index in [1.807, 2.05) is 20.8 Å². The molecule has 0 bridgehead atoms. The van der Waals surface area contributed by atoms with Gasteiger partial charge in [0.15, 0.2) is 5.82 Å². The number of hydrogen-bond acceptors (Lipinski definition) is 4. The van der Waals surface area contributed by atoms with Gasteiger partial charge in [0, 0.05) is 0 Å². The summed E-state index contributed by atoms with van der Waals surface area (Å²) in [4.78, 5) is 0. The van der Waals surface area contributed by atoms with E-state index in [0.717, 1.165) is 17.8 Å². The van der Waals surface area contributed by atoms with Gasteiger partial charge >= 0.3 is 0 Å². The molecule has 0 aliphatic heterocycles. The Kier molecular flexibility index (Phi) is 4.26. The molecule has 2 rings (SSSR count). The highest BCUT2D eigenvalue weighted by molar-refractivity contribution is 9.10. The fourth-order valence-corrected chi connectivity index (χ4v) is 2.23. The van der Waals surface area contributed by atoms with Crippen molar-refractivity contribution in [1.29, 1.82) is 0 Å². The minimum Gasteiger partial charge on any atom is -0.308 e. The fraction of sp³-hybridized carbons (Fsp3) is 0.417. The van der Waals surface area contributed by atoms with Crippen molar-refractivity contribution in [2.45, 2.75) is 26.8 Å². The normalized spacial score (nSPS) is 12.7. The van der Waals surface area contributed by atoms with Gasteiger partial charge in [-0.05, 0) is 64.4 Å². The average Bonchev–Trinajstić information content (AvgIpc) is 2.83. The number of hydrogen-bond donors (Lipinski definition) is 1. The SMILES string of the molecule is CCNC(C)c1nnnn1-c1cc(Br)c(F)cc1C. The first-order valence-electron chi connectivity index (χ1n) is 6.02. The molecule has 102 valence electrons. The molecule has 5 nitrogen and oxygen atoms in total. The van der Waals surface area contributed by atoms with Crippen LogP contribution in [0.25, 0.3) is 5.69 Å². The zero-order valence-corrected chi connectivity index (χ0v) is 12.6. The van der Waals surface area contributed by atoms with Gasteiger partial charge in [-0.1, -0.05) is 6.92 Å². The van der Waals surface area contributed by atoms with Crippen molar-refractivity contribution in [2.24, 2.45) is 0 Å². The highest BCUT2D eigenvalue weighted by Crippen LogP contribution is 2.24. The Hall–Kier alpha value is -1.34. The molecule has 1 heterocycles. The Balaban J connectivity index is 2.48. The summed E-state index contributed by atoms with van der Waals surface area (Å²) >= 11 is 3.19. The van der Waals surface area contributed by atoms with Gasteiger partial charge in [-0.25, -0.2) is 4.39 Å². The van der Waals surface area contributed by atoms with Crippen molar-refractivity contribution in [1.82, 2.24) is 25.5 Å². The number of aromatic nitrogens is 4. The lowest BCUT2D eigenvalue weighted by Crippen LogP contribution is -2.22. The number of tetrazole rings is 1. The van der Waals surface area contributed by atoms with E-state index in [9.17, 15) is 4.39 Å². The average molecular weight is 328 g/mol. The Labute approximate surface area is 119 Å².